The van der Waals surface area contributed by atoms with Gasteiger partial charge in [-0.25, -0.2) is 4.98 Å². The Kier molecular flexibility index (Phi) is 5.77. The maximum absolute atomic E-state index is 13.6. The normalized spacial score (nSPS) is 17.1. The van der Waals surface area contributed by atoms with Crippen molar-refractivity contribution in [2.45, 2.75) is 39.3 Å². The van der Waals surface area contributed by atoms with Gasteiger partial charge in [0.15, 0.2) is 0 Å². The van der Waals surface area contributed by atoms with Crippen molar-refractivity contribution in [2.75, 3.05) is 29.9 Å². The number of alkyl halides is 3. The molecule has 0 atom stereocenters. The molecule has 0 radical (unpaired) electrons. The van der Waals surface area contributed by atoms with Gasteiger partial charge in [-0.1, -0.05) is 12.1 Å². The first-order valence-corrected chi connectivity index (χ1v) is 10.3. The fraction of sp³-hybridized carbons (Fsp3) is 0.391. The van der Waals surface area contributed by atoms with E-state index in [0.717, 1.165) is 55.4 Å². The summed E-state index contributed by atoms with van der Waals surface area (Å²) in [5.41, 5.74) is 2.31. The smallest absolute Gasteiger partial charge is 0.385 e. The molecule has 2 N–H and O–H groups in total. The highest BCUT2D eigenvalue weighted by atomic mass is 19.4. The third kappa shape index (κ3) is 4.76. The summed E-state index contributed by atoms with van der Waals surface area (Å²) in [5.74, 6) is 0.903. The van der Waals surface area contributed by atoms with E-state index < -0.39 is 11.7 Å². The van der Waals surface area contributed by atoms with Crippen LogP contribution in [0.1, 0.15) is 38.7 Å². The molecule has 3 heterocycles. The van der Waals surface area contributed by atoms with Gasteiger partial charge in [0.05, 0.1) is 11.3 Å². The Labute approximate surface area is 180 Å². The summed E-state index contributed by atoms with van der Waals surface area (Å²) in [6.45, 7) is 6.27. The predicted octanol–water partition coefficient (Wildman–Crippen LogP) is 4.95. The van der Waals surface area contributed by atoms with Crippen molar-refractivity contribution >= 4 is 11.8 Å². The van der Waals surface area contributed by atoms with Crippen LogP contribution in [-0.4, -0.2) is 29.6 Å². The summed E-state index contributed by atoms with van der Waals surface area (Å²) in [6.07, 6.45) is 0.634. The van der Waals surface area contributed by atoms with Crippen LogP contribution in [0, 0.1) is 12.1 Å². The Bertz CT molecular complexity index is 1020. The van der Waals surface area contributed by atoms with Gasteiger partial charge < -0.3 is 15.5 Å². The second kappa shape index (κ2) is 8.50. The lowest BCUT2D eigenvalue weighted by Gasteiger charge is -2.28. The standard InChI is InChI=1S/C23H24F3N5/c1-15-14-27-16(2)12-19(15)28-22-29-20(13-21(30-22)31-10-6-3-7-11-31)17-8-4-5-9-18(17)23(24,25)26/h8-9,12-13,27H,3,6-7,10-11,14H2,1-2H3,(H,28,29,30). The van der Waals surface area contributed by atoms with Gasteiger partial charge in [0.2, 0.25) is 5.95 Å². The van der Waals surface area contributed by atoms with Crippen LogP contribution in [0.3, 0.4) is 0 Å². The minimum absolute atomic E-state index is 0.0299. The molecule has 0 saturated carbocycles. The zero-order valence-corrected chi connectivity index (χ0v) is 17.5. The molecule has 1 saturated heterocycles. The molecule has 1 aromatic heterocycles. The molecule has 2 aliphatic heterocycles. The van der Waals surface area contributed by atoms with Crippen molar-refractivity contribution in [1.29, 1.82) is 0 Å². The molecule has 31 heavy (non-hydrogen) atoms. The van der Waals surface area contributed by atoms with Crippen LogP contribution in [0.2, 0.25) is 0 Å². The first-order valence-electron chi connectivity index (χ1n) is 10.3. The topological polar surface area (TPSA) is 53.1 Å². The fourth-order valence-corrected chi connectivity index (χ4v) is 3.76. The van der Waals surface area contributed by atoms with Gasteiger partial charge in [-0.15, -0.1) is 0 Å². The molecule has 8 heteroatoms. The van der Waals surface area contributed by atoms with Crippen LogP contribution in [-0.2, 0) is 6.18 Å². The number of allylic oxidation sites excluding steroid dienone is 2. The van der Waals surface area contributed by atoms with E-state index in [0.29, 0.717) is 12.4 Å². The lowest BCUT2D eigenvalue weighted by Crippen LogP contribution is -2.30. The maximum Gasteiger partial charge on any atom is 0.417 e. The number of dihydropyridines is 1. The van der Waals surface area contributed by atoms with Crippen LogP contribution in [0.25, 0.3) is 11.3 Å². The highest BCUT2D eigenvalue weighted by Gasteiger charge is 2.34. The van der Waals surface area contributed by atoms with Crippen LogP contribution in [0.15, 0.2) is 41.2 Å². The average molecular weight is 427 g/mol. The van der Waals surface area contributed by atoms with E-state index in [1.807, 2.05) is 19.9 Å². The van der Waals surface area contributed by atoms with E-state index in [-0.39, 0.29) is 17.2 Å². The minimum Gasteiger partial charge on any atom is -0.385 e. The van der Waals surface area contributed by atoms with Crippen LogP contribution in [0.4, 0.5) is 24.9 Å². The number of anilines is 2. The molecule has 1 aromatic carbocycles. The second-order valence-electron chi connectivity index (χ2n) is 7.89. The maximum atomic E-state index is 13.6. The number of halogens is 3. The number of piperidine rings is 1. The lowest BCUT2D eigenvalue weighted by molar-refractivity contribution is -0.137. The van der Waals surface area contributed by atoms with Crippen LogP contribution in [0.5, 0.6) is 0 Å². The first kappa shape index (κ1) is 21.0. The van der Waals surface area contributed by atoms with E-state index in [1.165, 1.54) is 6.07 Å². The van der Waals surface area contributed by atoms with Gasteiger partial charge in [0, 0.05) is 48.7 Å². The molecular weight excluding hydrogens is 403 g/mol. The predicted molar refractivity (Wildman–Crippen MR) is 114 cm³/mol. The molecular formula is C23H24F3N5. The third-order valence-corrected chi connectivity index (χ3v) is 5.48. The summed E-state index contributed by atoms with van der Waals surface area (Å²) in [7, 11) is 0. The van der Waals surface area contributed by atoms with E-state index in [2.05, 4.69) is 37.6 Å². The molecule has 4 rings (SSSR count). The number of nitrogens with one attached hydrogen (secondary N) is 2. The van der Waals surface area contributed by atoms with Crippen molar-refractivity contribution in [2.24, 2.45) is 0 Å². The highest BCUT2D eigenvalue weighted by molar-refractivity contribution is 5.69. The average Bonchev–Trinajstić information content (AvgIpc) is 2.76. The molecule has 1 fully saturated rings. The van der Waals surface area contributed by atoms with E-state index in [4.69, 9.17) is 0 Å². The minimum atomic E-state index is -4.52. The Hall–Kier alpha value is -3.21. The van der Waals surface area contributed by atoms with Crippen molar-refractivity contribution in [3.63, 3.8) is 0 Å². The number of hydrogen-bond acceptors (Lipinski definition) is 5. The summed E-state index contributed by atoms with van der Waals surface area (Å²) >= 11 is 0. The molecule has 0 amide bonds. The fourth-order valence-electron chi connectivity index (χ4n) is 3.76. The van der Waals surface area contributed by atoms with Crippen LogP contribution < -0.4 is 15.5 Å². The molecule has 162 valence electrons. The largest absolute Gasteiger partial charge is 0.417 e. The van der Waals surface area contributed by atoms with Gasteiger partial charge in [0.1, 0.15) is 5.82 Å². The zero-order valence-electron chi connectivity index (χ0n) is 17.5. The number of rotatable bonds is 4. The Morgan fingerprint density at radius 1 is 1.06 bits per heavy atom. The monoisotopic (exact) mass is 427 g/mol. The Morgan fingerprint density at radius 3 is 2.55 bits per heavy atom. The molecule has 0 bridgehead atoms. The number of aromatic nitrogens is 2. The van der Waals surface area contributed by atoms with Gasteiger partial charge in [0.25, 0.3) is 0 Å². The van der Waals surface area contributed by atoms with E-state index >= 15 is 0 Å². The van der Waals surface area contributed by atoms with Gasteiger partial charge in [-0.3, -0.25) is 0 Å². The van der Waals surface area contributed by atoms with Gasteiger partial charge >= 0.3 is 6.18 Å². The molecule has 0 spiro atoms. The van der Waals surface area contributed by atoms with Crippen molar-refractivity contribution in [1.82, 2.24) is 15.3 Å². The first-order chi connectivity index (χ1) is 14.8. The quantitative estimate of drug-likeness (QED) is 0.724. The van der Waals surface area contributed by atoms with Crippen molar-refractivity contribution in [3.8, 4) is 11.3 Å². The molecule has 2 aliphatic rings. The Morgan fingerprint density at radius 2 is 1.81 bits per heavy atom. The van der Waals surface area contributed by atoms with Gasteiger partial charge in [-0.2, -0.15) is 18.2 Å². The van der Waals surface area contributed by atoms with Crippen LogP contribution >= 0.6 is 0 Å². The lowest BCUT2D eigenvalue weighted by atomic mass is 10.0. The number of hydrogen-bond donors (Lipinski definition) is 2. The van der Waals surface area contributed by atoms with E-state index in [1.54, 1.807) is 6.07 Å². The molecule has 5 nitrogen and oxygen atoms in total. The third-order valence-electron chi connectivity index (χ3n) is 5.48. The summed E-state index contributed by atoms with van der Waals surface area (Å²) in [5, 5.41) is 6.48. The molecule has 0 aliphatic carbocycles. The summed E-state index contributed by atoms with van der Waals surface area (Å²) in [4.78, 5) is 11.2. The number of nitrogens with zero attached hydrogens (tertiary/aromatic N) is 3. The summed E-state index contributed by atoms with van der Waals surface area (Å²) in [6, 6.07) is 8.89. The van der Waals surface area contributed by atoms with Gasteiger partial charge in [-0.05, 0) is 50.8 Å². The Balaban J connectivity index is 1.80. The van der Waals surface area contributed by atoms with Crippen molar-refractivity contribution in [3.05, 3.63) is 58.9 Å². The SMILES string of the molecule is CC1=CC(Nc2nc(-c3cc#ccc3C(F)(F)F)cc(N3CCCCC3)n2)=C(C)CN1. The van der Waals surface area contributed by atoms with Crippen molar-refractivity contribution < 1.29 is 13.2 Å². The van der Waals surface area contributed by atoms with E-state index in [9.17, 15) is 13.2 Å². The molecule has 0 unspecified atom stereocenters. The summed E-state index contributed by atoms with van der Waals surface area (Å²) < 4.78 is 40.9. The highest BCUT2D eigenvalue weighted by Crippen LogP contribution is 2.37. The second-order valence-corrected chi connectivity index (χ2v) is 7.89. The molecule has 2 aromatic rings. The zero-order chi connectivity index (χ0) is 22.0.